The third kappa shape index (κ3) is 5.63. The van der Waals surface area contributed by atoms with E-state index in [4.69, 9.17) is 0 Å². The molecule has 5 aromatic rings. The Morgan fingerprint density at radius 1 is 0.895 bits per heavy atom. The summed E-state index contributed by atoms with van der Waals surface area (Å²) in [6, 6.07) is 31.0. The fourth-order valence-electron chi connectivity index (χ4n) is 4.26. The quantitative estimate of drug-likeness (QED) is 0.151. The normalized spacial score (nSPS) is 11.7. The summed E-state index contributed by atoms with van der Waals surface area (Å²) in [4.78, 5) is 26.7. The van der Waals surface area contributed by atoms with Crippen molar-refractivity contribution in [2.45, 2.75) is 13.5 Å². The molecule has 0 unspecified atom stereocenters. The van der Waals surface area contributed by atoms with Crippen LogP contribution in [0.25, 0.3) is 17.0 Å². The molecule has 6 nitrogen and oxygen atoms in total. The van der Waals surface area contributed by atoms with Gasteiger partial charge in [0, 0.05) is 39.1 Å². The highest BCUT2D eigenvalue weighted by molar-refractivity contribution is 7.10. The first-order chi connectivity index (χ1) is 18.6. The lowest BCUT2D eigenvalue weighted by Crippen LogP contribution is -2.32. The molecule has 0 radical (unpaired) electrons. The van der Waals surface area contributed by atoms with Crippen molar-refractivity contribution in [3.8, 4) is 0 Å². The van der Waals surface area contributed by atoms with Gasteiger partial charge in [-0.05, 0) is 48.2 Å². The third-order valence-corrected chi connectivity index (χ3v) is 7.00. The minimum absolute atomic E-state index is 0.113. The third-order valence-electron chi connectivity index (χ3n) is 6.18. The Labute approximate surface area is 224 Å². The van der Waals surface area contributed by atoms with Gasteiger partial charge >= 0.3 is 0 Å². The van der Waals surface area contributed by atoms with Gasteiger partial charge in [-0.1, -0.05) is 72.8 Å². The molecule has 3 aromatic carbocycles. The Morgan fingerprint density at radius 3 is 2.34 bits per heavy atom. The fraction of sp³-hybridized carbons (Fsp3) is 0.0645. The molecular weight excluding hydrogens is 492 g/mol. The first-order valence-corrected chi connectivity index (χ1v) is 13.0. The summed E-state index contributed by atoms with van der Waals surface area (Å²) in [5.41, 5.74) is 7.43. The van der Waals surface area contributed by atoms with Crippen molar-refractivity contribution in [3.05, 3.63) is 135 Å². The lowest BCUT2D eigenvalue weighted by Gasteiger charge is -2.09. The lowest BCUT2D eigenvalue weighted by atomic mass is 10.1. The first kappa shape index (κ1) is 24.9. The molecule has 2 heterocycles. The number of para-hydroxylation sites is 1. The lowest BCUT2D eigenvalue weighted by molar-refractivity contribution is -0.117. The molecule has 0 spiro atoms. The summed E-state index contributed by atoms with van der Waals surface area (Å²) >= 11 is 1.47. The Balaban J connectivity index is 1.39. The van der Waals surface area contributed by atoms with Gasteiger partial charge in [-0.15, -0.1) is 11.3 Å². The van der Waals surface area contributed by atoms with Crippen LogP contribution < -0.4 is 10.7 Å². The van der Waals surface area contributed by atoms with Crippen LogP contribution in [0.5, 0.6) is 0 Å². The van der Waals surface area contributed by atoms with E-state index in [0.29, 0.717) is 5.56 Å². The topological polar surface area (TPSA) is 75.5 Å². The Bertz CT molecular complexity index is 1620. The highest BCUT2D eigenvalue weighted by Gasteiger charge is 2.16. The van der Waals surface area contributed by atoms with Crippen molar-refractivity contribution in [1.82, 2.24) is 15.3 Å². The molecule has 0 bridgehead atoms. The number of hydrogen-bond acceptors (Lipinski definition) is 4. The minimum atomic E-state index is -0.510. The van der Waals surface area contributed by atoms with Crippen molar-refractivity contribution >= 4 is 46.3 Å². The van der Waals surface area contributed by atoms with E-state index in [1.807, 2.05) is 60.8 Å². The standard InChI is InChI=1S/C31H26N4O2S/c1-22-27(26-16-8-9-17-29(26)35(22)21-23-11-4-2-5-12-23)20-32-34-31(37)28(19-25-15-10-18-38-25)33-30(36)24-13-6-3-7-14-24/h2-20H,21H2,1H3,(H,33,36)(H,34,37)/b28-19-,32-20?. The van der Waals surface area contributed by atoms with Crippen LogP contribution in [0.15, 0.2) is 113 Å². The number of hydrazone groups is 1. The van der Waals surface area contributed by atoms with Crippen LogP contribution in [0.2, 0.25) is 0 Å². The number of fused-ring (bicyclic) bond motifs is 1. The molecule has 0 saturated heterocycles. The number of nitrogens with one attached hydrogen (secondary N) is 2. The van der Waals surface area contributed by atoms with Gasteiger partial charge in [0.2, 0.25) is 0 Å². The zero-order chi connectivity index (χ0) is 26.3. The van der Waals surface area contributed by atoms with Crippen LogP contribution in [0, 0.1) is 6.92 Å². The molecule has 2 N–H and O–H groups in total. The average Bonchev–Trinajstić information content (AvgIpc) is 3.56. The monoisotopic (exact) mass is 518 g/mol. The summed E-state index contributed by atoms with van der Waals surface area (Å²) in [5, 5.41) is 9.96. The average molecular weight is 519 g/mol. The fourth-order valence-corrected chi connectivity index (χ4v) is 4.92. The molecule has 7 heteroatoms. The van der Waals surface area contributed by atoms with Gasteiger partial charge in [0.15, 0.2) is 0 Å². The van der Waals surface area contributed by atoms with Crippen molar-refractivity contribution in [1.29, 1.82) is 0 Å². The van der Waals surface area contributed by atoms with Gasteiger partial charge in [-0.25, -0.2) is 5.43 Å². The molecule has 0 saturated carbocycles. The second kappa shape index (κ2) is 11.5. The number of rotatable bonds is 8. The van der Waals surface area contributed by atoms with Crippen LogP contribution in [-0.4, -0.2) is 22.6 Å². The summed E-state index contributed by atoms with van der Waals surface area (Å²) < 4.78 is 2.25. The largest absolute Gasteiger partial charge is 0.340 e. The second-order valence-corrected chi connectivity index (χ2v) is 9.66. The Kier molecular flexibility index (Phi) is 7.57. The van der Waals surface area contributed by atoms with E-state index in [9.17, 15) is 9.59 Å². The van der Waals surface area contributed by atoms with E-state index in [1.165, 1.54) is 16.9 Å². The molecular formula is C31H26N4O2S. The number of carbonyl (C=O) groups excluding carboxylic acids is 2. The number of hydrogen-bond donors (Lipinski definition) is 2. The summed E-state index contributed by atoms with van der Waals surface area (Å²) in [6.45, 7) is 2.78. The van der Waals surface area contributed by atoms with Gasteiger partial charge in [-0.2, -0.15) is 5.10 Å². The Morgan fingerprint density at radius 2 is 1.61 bits per heavy atom. The molecule has 0 aliphatic heterocycles. The number of carbonyl (C=O) groups is 2. The number of nitrogens with zero attached hydrogens (tertiary/aromatic N) is 2. The predicted octanol–water partition coefficient (Wildman–Crippen LogP) is 5.98. The van der Waals surface area contributed by atoms with Crippen molar-refractivity contribution in [2.75, 3.05) is 0 Å². The highest BCUT2D eigenvalue weighted by atomic mass is 32.1. The predicted molar refractivity (Wildman–Crippen MR) is 154 cm³/mol. The number of aromatic nitrogens is 1. The summed E-state index contributed by atoms with van der Waals surface area (Å²) in [5.74, 6) is -0.878. The van der Waals surface area contributed by atoms with E-state index in [1.54, 1.807) is 36.6 Å². The number of amides is 2. The van der Waals surface area contributed by atoms with E-state index in [-0.39, 0.29) is 11.6 Å². The van der Waals surface area contributed by atoms with Crippen molar-refractivity contribution < 1.29 is 9.59 Å². The zero-order valence-corrected chi connectivity index (χ0v) is 21.6. The van der Waals surface area contributed by atoms with Crippen molar-refractivity contribution in [3.63, 3.8) is 0 Å². The molecule has 2 aromatic heterocycles. The van der Waals surface area contributed by atoms with E-state index >= 15 is 0 Å². The Hall–Kier alpha value is -4.75. The van der Waals surface area contributed by atoms with Crippen LogP contribution in [0.1, 0.15) is 32.1 Å². The SMILES string of the molecule is Cc1c(C=NNC(=O)/C(=C/c2cccs2)NC(=O)c2ccccc2)c2ccccc2n1Cc1ccccc1. The van der Waals surface area contributed by atoms with Gasteiger partial charge in [-0.3, -0.25) is 9.59 Å². The van der Waals surface area contributed by atoms with E-state index < -0.39 is 5.91 Å². The number of benzene rings is 3. The molecule has 0 atom stereocenters. The van der Waals surface area contributed by atoms with E-state index in [0.717, 1.165) is 33.6 Å². The van der Waals surface area contributed by atoms with Crippen LogP contribution >= 0.6 is 11.3 Å². The maximum absolute atomic E-state index is 13.1. The second-order valence-electron chi connectivity index (χ2n) is 8.68. The first-order valence-electron chi connectivity index (χ1n) is 12.2. The van der Waals surface area contributed by atoms with Crippen LogP contribution in [0.3, 0.4) is 0 Å². The zero-order valence-electron chi connectivity index (χ0n) is 20.8. The maximum atomic E-state index is 13.1. The molecule has 2 amide bonds. The molecule has 5 rings (SSSR count). The van der Waals surface area contributed by atoms with Crippen molar-refractivity contribution in [2.24, 2.45) is 5.10 Å². The van der Waals surface area contributed by atoms with Crippen LogP contribution in [-0.2, 0) is 11.3 Å². The van der Waals surface area contributed by atoms with Gasteiger partial charge < -0.3 is 9.88 Å². The van der Waals surface area contributed by atoms with E-state index in [2.05, 4.69) is 44.7 Å². The summed E-state index contributed by atoms with van der Waals surface area (Å²) in [6.07, 6.45) is 3.31. The summed E-state index contributed by atoms with van der Waals surface area (Å²) in [7, 11) is 0. The molecule has 0 fully saturated rings. The maximum Gasteiger partial charge on any atom is 0.287 e. The van der Waals surface area contributed by atoms with Gasteiger partial charge in [0.1, 0.15) is 5.70 Å². The molecule has 0 aliphatic rings. The van der Waals surface area contributed by atoms with Gasteiger partial charge in [0.25, 0.3) is 11.8 Å². The highest BCUT2D eigenvalue weighted by Crippen LogP contribution is 2.25. The number of thiophene rings is 1. The van der Waals surface area contributed by atoms with Gasteiger partial charge in [0.05, 0.1) is 6.21 Å². The molecule has 0 aliphatic carbocycles. The minimum Gasteiger partial charge on any atom is -0.340 e. The van der Waals surface area contributed by atoms with Crippen LogP contribution in [0.4, 0.5) is 0 Å². The smallest absolute Gasteiger partial charge is 0.287 e. The molecule has 188 valence electrons. The molecule has 38 heavy (non-hydrogen) atoms.